The third-order valence-electron chi connectivity index (χ3n) is 4.14. The number of aromatic nitrogens is 1. The van der Waals surface area contributed by atoms with Gasteiger partial charge in [0.2, 0.25) is 12.3 Å². The molecule has 0 aliphatic carbocycles. The number of nitrogens with one attached hydrogen (secondary N) is 1. The van der Waals surface area contributed by atoms with Gasteiger partial charge in [0.1, 0.15) is 24.1 Å². The Hall–Kier alpha value is -3.90. The number of halogens is 3. The summed E-state index contributed by atoms with van der Waals surface area (Å²) in [5.74, 6) is 2.93. The Bertz CT molecular complexity index is 1100. The predicted molar refractivity (Wildman–Crippen MR) is 108 cm³/mol. The van der Waals surface area contributed by atoms with Gasteiger partial charge in [-0.2, -0.15) is 5.26 Å². The molecule has 2 aromatic carbocycles. The summed E-state index contributed by atoms with van der Waals surface area (Å²) in [7, 11) is 0. The van der Waals surface area contributed by atoms with Crippen molar-refractivity contribution in [2.24, 2.45) is 5.84 Å². The second kappa shape index (κ2) is 11.3. The summed E-state index contributed by atoms with van der Waals surface area (Å²) < 4.78 is 47.7. The number of nitriles is 1. The summed E-state index contributed by atoms with van der Waals surface area (Å²) in [4.78, 5) is 13.1. The number of nitrogens with two attached hydrogens (primary N) is 1. The van der Waals surface area contributed by atoms with Crippen LogP contribution >= 0.6 is 0 Å². The minimum absolute atomic E-state index is 0.0275. The average Bonchev–Trinajstić information content (AvgIpc) is 2.79. The molecule has 31 heavy (non-hydrogen) atoms. The second-order valence-corrected chi connectivity index (χ2v) is 6.13. The SMILES string of the molecule is CCc1cc(F)c(-c2cccc(OCc3ccc(C#N)cc3F)n2)cc1F.NNC=O. The van der Waals surface area contributed by atoms with Crippen LogP contribution < -0.4 is 16.0 Å². The van der Waals surface area contributed by atoms with E-state index in [1.165, 1.54) is 12.1 Å². The standard InChI is InChI=1S/C21H15F3N2O.CH4N2O/c1-2-14-9-19(24)16(10-18(14)23)20-4-3-5-21(26-20)27-12-15-7-6-13(11-25)8-17(15)22;2-3-1-4/h3-10H,2,12H2,1H3;1H,2H2,(H,3,4). The Morgan fingerprint density at radius 2 is 1.81 bits per heavy atom. The zero-order valence-corrected chi connectivity index (χ0v) is 16.5. The number of hydrogen-bond donors (Lipinski definition) is 2. The summed E-state index contributed by atoms with van der Waals surface area (Å²) in [5.41, 5.74) is 2.75. The molecule has 0 bridgehead atoms. The average molecular weight is 428 g/mol. The van der Waals surface area contributed by atoms with E-state index in [-0.39, 0.29) is 34.9 Å². The van der Waals surface area contributed by atoms with E-state index in [0.29, 0.717) is 18.4 Å². The van der Waals surface area contributed by atoms with Gasteiger partial charge in [-0.05, 0) is 42.3 Å². The molecule has 0 saturated carbocycles. The molecule has 0 aliphatic heterocycles. The van der Waals surface area contributed by atoms with Crippen LogP contribution in [0, 0.1) is 28.8 Å². The highest BCUT2D eigenvalue weighted by molar-refractivity contribution is 5.61. The lowest BCUT2D eigenvalue weighted by Gasteiger charge is -2.10. The Kier molecular flexibility index (Phi) is 8.54. The van der Waals surface area contributed by atoms with E-state index in [2.05, 4.69) is 10.8 Å². The number of aryl methyl sites for hydroxylation is 1. The number of carbonyl (C=O) groups is 1. The van der Waals surface area contributed by atoms with Gasteiger partial charge in [-0.15, -0.1) is 0 Å². The molecule has 1 amide bonds. The number of rotatable bonds is 6. The molecule has 3 aromatic rings. The summed E-state index contributed by atoms with van der Waals surface area (Å²) in [6.07, 6.45) is 0.787. The number of nitrogens with zero attached hydrogens (tertiary/aromatic N) is 2. The van der Waals surface area contributed by atoms with Crippen molar-refractivity contribution in [1.29, 1.82) is 5.26 Å². The van der Waals surface area contributed by atoms with Gasteiger partial charge in [0.15, 0.2) is 0 Å². The lowest BCUT2D eigenvalue weighted by atomic mass is 10.1. The van der Waals surface area contributed by atoms with Crippen LogP contribution in [0.25, 0.3) is 11.3 Å². The van der Waals surface area contributed by atoms with E-state index >= 15 is 0 Å². The lowest BCUT2D eigenvalue weighted by Crippen LogP contribution is -2.18. The minimum Gasteiger partial charge on any atom is -0.473 e. The largest absolute Gasteiger partial charge is 0.473 e. The van der Waals surface area contributed by atoms with Crippen LogP contribution in [0.4, 0.5) is 13.2 Å². The zero-order valence-electron chi connectivity index (χ0n) is 16.5. The van der Waals surface area contributed by atoms with Gasteiger partial charge in [-0.25, -0.2) is 24.0 Å². The summed E-state index contributed by atoms with van der Waals surface area (Å²) >= 11 is 0. The molecule has 0 atom stereocenters. The molecule has 6 nitrogen and oxygen atoms in total. The molecule has 9 heteroatoms. The maximum absolute atomic E-state index is 14.3. The maximum atomic E-state index is 14.3. The third-order valence-corrected chi connectivity index (χ3v) is 4.14. The molecule has 0 unspecified atom stereocenters. The summed E-state index contributed by atoms with van der Waals surface area (Å²) in [6, 6.07) is 12.9. The highest BCUT2D eigenvalue weighted by atomic mass is 19.1. The van der Waals surface area contributed by atoms with Crippen molar-refractivity contribution in [1.82, 2.24) is 10.4 Å². The van der Waals surface area contributed by atoms with Gasteiger partial charge in [-0.3, -0.25) is 10.2 Å². The summed E-state index contributed by atoms with van der Waals surface area (Å²) in [6.45, 7) is 1.63. The fourth-order valence-corrected chi connectivity index (χ4v) is 2.59. The molecule has 3 rings (SSSR count). The molecule has 0 saturated heterocycles. The van der Waals surface area contributed by atoms with Crippen molar-refractivity contribution in [2.45, 2.75) is 20.0 Å². The fraction of sp³-hybridized carbons (Fsp3) is 0.136. The van der Waals surface area contributed by atoms with E-state index < -0.39 is 17.5 Å². The van der Waals surface area contributed by atoms with E-state index in [4.69, 9.17) is 14.8 Å². The molecule has 0 radical (unpaired) electrons. The Morgan fingerprint density at radius 3 is 2.42 bits per heavy atom. The Morgan fingerprint density at radius 1 is 1.10 bits per heavy atom. The van der Waals surface area contributed by atoms with Crippen LogP contribution in [0.15, 0.2) is 48.5 Å². The molecule has 160 valence electrons. The van der Waals surface area contributed by atoms with Gasteiger partial charge < -0.3 is 4.74 Å². The fourth-order valence-electron chi connectivity index (χ4n) is 2.59. The monoisotopic (exact) mass is 428 g/mol. The van der Waals surface area contributed by atoms with E-state index in [0.717, 1.165) is 18.2 Å². The zero-order chi connectivity index (χ0) is 22.8. The normalized spacial score (nSPS) is 9.81. The van der Waals surface area contributed by atoms with Crippen molar-refractivity contribution >= 4 is 6.41 Å². The highest BCUT2D eigenvalue weighted by Gasteiger charge is 2.13. The van der Waals surface area contributed by atoms with Crippen LogP contribution in [0.3, 0.4) is 0 Å². The lowest BCUT2D eigenvalue weighted by molar-refractivity contribution is -0.109. The second-order valence-electron chi connectivity index (χ2n) is 6.13. The first-order valence-corrected chi connectivity index (χ1v) is 9.09. The van der Waals surface area contributed by atoms with Crippen LogP contribution in [-0.4, -0.2) is 11.4 Å². The highest BCUT2D eigenvalue weighted by Crippen LogP contribution is 2.26. The van der Waals surface area contributed by atoms with Crippen LogP contribution in [0.1, 0.15) is 23.6 Å². The first-order valence-electron chi connectivity index (χ1n) is 9.09. The number of pyridine rings is 1. The minimum atomic E-state index is -0.573. The van der Waals surface area contributed by atoms with Crippen molar-refractivity contribution in [3.05, 3.63) is 82.7 Å². The molecular formula is C22H19F3N4O2. The third kappa shape index (κ3) is 6.29. The van der Waals surface area contributed by atoms with Crippen LogP contribution in [-0.2, 0) is 17.8 Å². The van der Waals surface area contributed by atoms with Gasteiger partial charge >= 0.3 is 0 Å². The smallest absolute Gasteiger partial charge is 0.221 e. The Labute approximate surface area is 177 Å². The number of ether oxygens (including phenoxy) is 1. The molecule has 0 fully saturated rings. The van der Waals surface area contributed by atoms with Gasteiger partial charge in [0.25, 0.3) is 0 Å². The van der Waals surface area contributed by atoms with Crippen molar-refractivity contribution in [3.63, 3.8) is 0 Å². The first kappa shape index (κ1) is 23.4. The van der Waals surface area contributed by atoms with Gasteiger partial charge in [0, 0.05) is 17.2 Å². The van der Waals surface area contributed by atoms with Crippen molar-refractivity contribution in [2.75, 3.05) is 0 Å². The van der Waals surface area contributed by atoms with E-state index in [1.807, 2.05) is 6.07 Å². The van der Waals surface area contributed by atoms with Crippen molar-refractivity contribution in [3.8, 4) is 23.2 Å². The number of benzene rings is 2. The van der Waals surface area contributed by atoms with Crippen molar-refractivity contribution < 1.29 is 22.7 Å². The molecule has 3 N–H and O–H groups in total. The molecule has 0 aliphatic rings. The maximum Gasteiger partial charge on any atom is 0.221 e. The van der Waals surface area contributed by atoms with Crippen LogP contribution in [0.2, 0.25) is 0 Å². The predicted octanol–water partition coefficient (Wildman–Crippen LogP) is 3.79. The number of carbonyl (C=O) groups excluding carboxylic acids is 1. The topological polar surface area (TPSA) is 101 Å². The van der Waals surface area contributed by atoms with E-state index in [9.17, 15) is 13.2 Å². The van der Waals surface area contributed by atoms with Crippen LogP contribution in [0.5, 0.6) is 5.88 Å². The quantitative estimate of drug-likeness (QED) is 0.269. The molecule has 1 aromatic heterocycles. The molecule has 1 heterocycles. The Balaban J connectivity index is 0.000000785. The molecule has 0 spiro atoms. The number of hydrogen-bond acceptors (Lipinski definition) is 5. The van der Waals surface area contributed by atoms with E-state index in [1.54, 1.807) is 30.5 Å². The summed E-state index contributed by atoms with van der Waals surface area (Å²) in [5, 5.41) is 8.76. The number of hydrazine groups is 1. The molecular weight excluding hydrogens is 409 g/mol. The van der Waals surface area contributed by atoms with Gasteiger partial charge in [0.05, 0.1) is 17.3 Å². The van der Waals surface area contributed by atoms with Gasteiger partial charge in [-0.1, -0.05) is 19.1 Å². The number of amides is 1. The first-order chi connectivity index (χ1) is 14.9.